The van der Waals surface area contributed by atoms with Crippen molar-refractivity contribution in [2.45, 2.75) is 31.8 Å². The Hall–Kier alpha value is -2.24. The summed E-state index contributed by atoms with van der Waals surface area (Å²) in [6.45, 7) is 3.13. The van der Waals surface area contributed by atoms with E-state index in [1.165, 1.54) is 0 Å². The van der Waals surface area contributed by atoms with Gasteiger partial charge in [-0.2, -0.15) is 0 Å². The lowest BCUT2D eigenvalue weighted by Gasteiger charge is -2.33. The van der Waals surface area contributed by atoms with Crippen molar-refractivity contribution in [1.82, 2.24) is 4.90 Å². The van der Waals surface area contributed by atoms with E-state index in [4.69, 9.17) is 21.1 Å². The van der Waals surface area contributed by atoms with Crippen LogP contribution in [0, 0.1) is 0 Å². The molecule has 6 heteroatoms. The third-order valence-corrected chi connectivity index (χ3v) is 5.12. The first-order valence-electron chi connectivity index (χ1n) is 9.10. The average molecular weight is 390 g/mol. The van der Waals surface area contributed by atoms with Crippen molar-refractivity contribution in [3.63, 3.8) is 0 Å². The van der Waals surface area contributed by atoms with Crippen LogP contribution < -0.4 is 9.47 Å². The molecule has 0 aromatic heterocycles. The first-order chi connectivity index (χ1) is 13.0. The Bertz CT molecular complexity index is 811. The largest absolute Gasteiger partial charge is 0.497 e. The minimum Gasteiger partial charge on any atom is -0.497 e. The van der Waals surface area contributed by atoms with Gasteiger partial charge in [0, 0.05) is 17.1 Å². The van der Waals surface area contributed by atoms with Crippen LogP contribution in [0.4, 0.5) is 0 Å². The zero-order valence-corrected chi connectivity index (χ0v) is 16.3. The van der Waals surface area contributed by atoms with Gasteiger partial charge in [-0.1, -0.05) is 23.7 Å². The van der Waals surface area contributed by atoms with E-state index in [0.717, 1.165) is 23.3 Å². The van der Waals surface area contributed by atoms with Gasteiger partial charge in [0.25, 0.3) is 0 Å². The number of carboxylic acids is 1. The zero-order chi connectivity index (χ0) is 19.4. The van der Waals surface area contributed by atoms with Crippen LogP contribution in [0.2, 0.25) is 5.02 Å². The predicted octanol–water partition coefficient (Wildman–Crippen LogP) is 4.39. The normalized spacial score (nSPS) is 18.3. The number of hydrogen-bond acceptors (Lipinski definition) is 4. The van der Waals surface area contributed by atoms with E-state index in [0.29, 0.717) is 30.3 Å². The number of carbonyl (C=O) groups is 1. The van der Waals surface area contributed by atoms with E-state index >= 15 is 0 Å². The maximum absolute atomic E-state index is 11.9. The molecule has 2 atom stereocenters. The summed E-state index contributed by atoms with van der Waals surface area (Å²) in [7, 11) is 1.62. The van der Waals surface area contributed by atoms with E-state index in [-0.39, 0.29) is 6.04 Å². The molecule has 1 fully saturated rings. The molecule has 0 bridgehead atoms. The number of methoxy groups -OCH3 is 1. The number of aliphatic carboxylic acids is 1. The molecule has 0 saturated carbocycles. The number of likely N-dealkylation sites (tertiary alicyclic amines) is 1. The standard InChI is InChI=1S/C21H24ClNO4/c1-3-27-19-10-9-15(22)13-17(19)20(14-6-4-7-16(12-14)26-2)23-11-5-8-18(23)21(24)25/h4,6-7,9-10,12-13,18,20H,3,5,8,11H2,1-2H3,(H,24,25). The minimum atomic E-state index is -0.805. The van der Waals surface area contributed by atoms with Gasteiger partial charge in [-0.25, -0.2) is 0 Å². The number of hydrogen-bond donors (Lipinski definition) is 1. The quantitative estimate of drug-likeness (QED) is 0.761. The molecule has 1 N–H and O–H groups in total. The molecule has 2 aromatic rings. The highest BCUT2D eigenvalue weighted by atomic mass is 35.5. The highest BCUT2D eigenvalue weighted by Gasteiger charge is 2.38. The molecule has 1 aliphatic rings. The second-order valence-electron chi connectivity index (χ2n) is 6.53. The van der Waals surface area contributed by atoms with Crippen LogP contribution >= 0.6 is 11.6 Å². The van der Waals surface area contributed by atoms with Crippen LogP contribution in [0.1, 0.15) is 36.9 Å². The van der Waals surface area contributed by atoms with Crippen LogP contribution in [0.5, 0.6) is 11.5 Å². The van der Waals surface area contributed by atoms with E-state index in [2.05, 4.69) is 0 Å². The molecule has 144 valence electrons. The first kappa shape index (κ1) is 19.5. The third kappa shape index (κ3) is 4.20. The van der Waals surface area contributed by atoms with Crippen molar-refractivity contribution in [1.29, 1.82) is 0 Å². The van der Waals surface area contributed by atoms with Crippen molar-refractivity contribution in [3.05, 3.63) is 58.6 Å². The van der Waals surface area contributed by atoms with Crippen molar-refractivity contribution in [2.24, 2.45) is 0 Å². The average Bonchev–Trinajstić information content (AvgIpc) is 3.14. The number of halogens is 1. The van der Waals surface area contributed by atoms with Crippen LogP contribution in [-0.4, -0.2) is 42.3 Å². The fourth-order valence-corrected chi connectivity index (χ4v) is 3.93. The molecular formula is C21H24ClNO4. The van der Waals surface area contributed by atoms with Gasteiger partial charge in [0.2, 0.25) is 0 Å². The number of rotatable bonds is 7. The summed E-state index contributed by atoms with van der Waals surface area (Å²) >= 11 is 6.30. The Balaban J connectivity index is 2.16. The third-order valence-electron chi connectivity index (χ3n) is 4.89. The SMILES string of the molecule is CCOc1ccc(Cl)cc1C(c1cccc(OC)c1)N1CCCC1C(=O)O. The summed E-state index contributed by atoms with van der Waals surface area (Å²) in [5, 5.41) is 10.3. The van der Waals surface area contributed by atoms with Crippen LogP contribution in [-0.2, 0) is 4.79 Å². The highest BCUT2D eigenvalue weighted by Crippen LogP contribution is 2.41. The Labute approximate surface area is 164 Å². The van der Waals surface area contributed by atoms with Crippen LogP contribution in [0.25, 0.3) is 0 Å². The van der Waals surface area contributed by atoms with Crippen molar-refractivity contribution in [2.75, 3.05) is 20.3 Å². The van der Waals surface area contributed by atoms with E-state index in [1.54, 1.807) is 13.2 Å². The van der Waals surface area contributed by atoms with Gasteiger partial charge in [0.05, 0.1) is 19.8 Å². The monoisotopic (exact) mass is 389 g/mol. The lowest BCUT2D eigenvalue weighted by atomic mass is 9.95. The second kappa shape index (κ2) is 8.63. The first-order valence-corrected chi connectivity index (χ1v) is 9.47. The molecule has 0 spiro atoms. The van der Waals surface area contributed by atoms with Gasteiger partial charge in [-0.3, -0.25) is 9.69 Å². The highest BCUT2D eigenvalue weighted by molar-refractivity contribution is 6.30. The van der Waals surface area contributed by atoms with E-state index in [1.807, 2.05) is 48.2 Å². The topological polar surface area (TPSA) is 59.0 Å². The molecule has 1 aliphatic heterocycles. The summed E-state index contributed by atoms with van der Waals surface area (Å²) in [4.78, 5) is 13.9. The van der Waals surface area contributed by atoms with Crippen LogP contribution in [0.3, 0.4) is 0 Å². The second-order valence-corrected chi connectivity index (χ2v) is 6.96. The fourth-order valence-electron chi connectivity index (χ4n) is 3.74. The number of ether oxygens (including phenoxy) is 2. The Morgan fingerprint density at radius 2 is 2.15 bits per heavy atom. The smallest absolute Gasteiger partial charge is 0.320 e. The Morgan fingerprint density at radius 1 is 1.33 bits per heavy atom. The van der Waals surface area contributed by atoms with Gasteiger partial charge in [0.15, 0.2) is 0 Å². The van der Waals surface area contributed by atoms with Gasteiger partial charge in [-0.05, 0) is 55.7 Å². The molecule has 2 unspecified atom stereocenters. The van der Waals surface area contributed by atoms with Crippen molar-refractivity contribution < 1.29 is 19.4 Å². The lowest BCUT2D eigenvalue weighted by Crippen LogP contribution is -2.39. The molecule has 1 heterocycles. The Kier molecular flexibility index (Phi) is 6.24. The van der Waals surface area contributed by atoms with Crippen molar-refractivity contribution in [3.8, 4) is 11.5 Å². The number of nitrogens with zero attached hydrogens (tertiary/aromatic N) is 1. The summed E-state index contributed by atoms with van der Waals surface area (Å²) in [6.07, 6.45) is 1.46. The molecule has 5 nitrogen and oxygen atoms in total. The summed E-state index contributed by atoms with van der Waals surface area (Å²) < 4.78 is 11.2. The summed E-state index contributed by atoms with van der Waals surface area (Å²) in [5.41, 5.74) is 1.82. The summed E-state index contributed by atoms with van der Waals surface area (Å²) in [6, 6.07) is 12.4. The molecule has 1 saturated heterocycles. The maximum atomic E-state index is 11.9. The molecule has 3 rings (SSSR count). The van der Waals surface area contributed by atoms with Gasteiger partial charge in [-0.15, -0.1) is 0 Å². The fraction of sp³-hybridized carbons (Fsp3) is 0.381. The predicted molar refractivity (Wildman–Crippen MR) is 105 cm³/mol. The molecule has 2 aromatic carbocycles. The minimum absolute atomic E-state index is 0.288. The van der Waals surface area contributed by atoms with E-state index in [9.17, 15) is 9.90 Å². The van der Waals surface area contributed by atoms with Gasteiger partial charge < -0.3 is 14.6 Å². The van der Waals surface area contributed by atoms with Crippen molar-refractivity contribution >= 4 is 17.6 Å². The number of benzene rings is 2. The van der Waals surface area contributed by atoms with Gasteiger partial charge >= 0.3 is 5.97 Å². The van der Waals surface area contributed by atoms with E-state index < -0.39 is 12.0 Å². The molecular weight excluding hydrogens is 366 g/mol. The zero-order valence-electron chi connectivity index (χ0n) is 15.5. The summed E-state index contributed by atoms with van der Waals surface area (Å²) in [5.74, 6) is 0.634. The number of carboxylic acid groups (broad SMARTS) is 1. The molecule has 0 amide bonds. The van der Waals surface area contributed by atoms with Crippen LogP contribution in [0.15, 0.2) is 42.5 Å². The van der Waals surface area contributed by atoms with Gasteiger partial charge in [0.1, 0.15) is 17.5 Å². The molecule has 27 heavy (non-hydrogen) atoms. The maximum Gasteiger partial charge on any atom is 0.320 e. The molecule has 0 radical (unpaired) electrons. The molecule has 0 aliphatic carbocycles. The Morgan fingerprint density at radius 3 is 2.85 bits per heavy atom. The lowest BCUT2D eigenvalue weighted by molar-refractivity contribution is -0.142.